The summed E-state index contributed by atoms with van der Waals surface area (Å²) in [5, 5.41) is 3.14. The summed E-state index contributed by atoms with van der Waals surface area (Å²) < 4.78 is 38.2. The summed E-state index contributed by atoms with van der Waals surface area (Å²) in [7, 11) is 0. The summed E-state index contributed by atoms with van der Waals surface area (Å²) in [4.78, 5) is 0. The number of hydrogen-bond donors (Lipinski definition) is 1. The Balaban J connectivity index is 0.00000289. The molecule has 1 N–H and O–H groups in total. The van der Waals surface area contributed by atoms with Gasteiger partial charge in [-0.1, -0.05) is 25.1 Å². The summed E-state index contributed by atoms with van der Waals surface area (Å²) in [5.41, 5.74) is -0.417. The fraction of sp³-hybridized carbons (Fsp3) is 0.538. The lowest BCUT2D eigenvalue weighted by Gasteiger charge is -2.25. The van der Waals surface area contributed by atoms with Gasteiger partial charge in [-0.05, 0) is 31.9 Å². The highest BCUT2D eigenvalue weighted by atomic mass is 35.5. The summed E-state index contributed by atoms with van der Waals surface area (Å²) in [6.07, 6.45) is -3.42. The van der Waals surface area contributed by atoms with Gasteiger partial charge in [0.1, 0.15) is 0 Å². The zero-order valence-electron chi connectivity index (χ0n) is 10.8. The summed E-state index contributed by atoms with van der Waals surface area (Å²) in [5.74, 6) is 0. The topological polar surface area (TPSA) is 12.0 Å². The molecule has 0 unspecified atom stereocenters. The van der Waals surface area contributed by atoms with Gasteiger partial charge < -0.3 is 5.32 Å². The number of halogens is 4. The first-order chi connectivity index (χ1) is 7.76. The van der Waals surface area contributed by atoms with Crippen LogP contribution in [0, 0.1) is 0 Å². The van der Waals surface area contributed by atoms with Gasteiger partial charge in [-0.3, -0.25) is 0 Å². The minimum atomic E-state index is -4.28. The van der Waals surface area contributed by atoms with Gasteiger partial charge in [0.25, 0.3) is 0 Å². The highest BCUT2D eigenvalue weighted by Gasteiger charge is 2.32. The van der Waals surface area contributed by atoms with Crippen molar-refractivity contribution >= 4 is 12.4 Å². The van der Waals surface area contributed by atoms with Crippen molar-refractivity contribution in [2.45, 2.75) is 45.5 Å². The second-order valence-corrected chi connectivity index (χ2v) is 4.75. The highest BCUT2D eigenvalue weighted by molar-refractivity contribution is 5.85. The molecule has 0 aromatic heterocycles. The van der Waals surface area contributed by atoms with Crippen LogP contribution in [-0.2, 0) is 12.7 Å². The van der Waals surface area contributed by atoms with E-state index in [0.717, 1.165) is 12.5 Å². The molecule has 0 aliphatic rings. The molecule has 0 aliphatic carbocycles. The number of hydrogen-bond acceptors (Lipinski definition) is 1. The van der Waals surface area contributed by atoms with Gasteiger partial charge in [0, 0.05) is 12.1 Å². The molecular formula is C13H19ClF3N. The van der Waals surface area contributed by atoms with Crippen molar-refractivity contribution in [3.05, 3.63) is 35.4 Å². The van der Waals surface area contributed by atoms with Crippen LogP contribution in [0.1, 0.15) is 38.3 Å². The van der Waals surface area contributed by atoms with E-state index in [9.17, 15) is 13.2 Å². The van der Waals surface area contributed by atoms with E-state index in [1.54, 1.807) is 6.07 Å². The zero-order valence-corrected chi connectivity index (χ0v) is 11.6. The molecule has 1 aromatic rings. The first-order valence-electron chi connectivity index (χ1n) is 5.66. The van der Waals surface area contributed by atoms with Crippen molar-refractivity contribution in [1.29, 1.82) is 0 Å². The molecule has 0 saturated heterocycles. The number of nitrogens with one attached hydrogen (secondary N) is 1. The Labute approximate surface area is 112 Å². The fourth-order valence-electron chi connectivity index (χ4n) is 1.41. The monoisotopic (exact) mass is 281 g/mol. The van der Waals surface area contributed by atoms with Crippen LogP contribution in [0.5, 0.6) is 0 Å². The van der Waals surface area contributed by atoms with Crippen molar-refractivity contribution < 1.29 is 13.2 Å². The van der Waals surface area contributed by atoms with Gasteiger partial charge >= 0.3 is 6.18 Å². The Morgan fingerprint density at radius 1 is 1.11 bits per heavy atom. The Kier molecular flexibility index (Phi) is 6.17. The van der Waals surface area contributed by atoms with Gasteiger partial charge in [0.2, 0.25) is 0 Å². The number of benzene rings is 1. The summed E-state index contributed by atoms with van der Waals surface area (Å²) in [6.45, 7) is 6.19. The van der Waals surface area contributed by atoms with Crippen LogP contribution in [0.2, 0.25) is 0 Å². The first kappa shape index (κ1) is 17.3. The molecule has 5 heteroatoms. The highest BCUT2D eigenvalue weighted by Crippen LogP contribution is 2.31. The van der Waals surface area contributed by atoms with Crippen LogP contribution in [0.4, 0.5) is 13.2 Å². The second kappa shape index (κ2) is 6.43. The van der Waals surface area contributed by atoms with Crippen molar-refractivity contribution in [3.63, 3.8) is 0 Å². The van der Waals surface area contributed by atoms with Crippen LogP contribution < -0.4 is 5.32 Å². The maximum atomic E-state index is 12.7. The molecule has 0 fully saturated rings. The summed E-state index contributed by atoms with van der Waals surface area (Å²) in [6, 6.07) is 5.68. The minimum Gasteiger partial charge on any atom is -0.308 e. The van der Waals surface area contributed by atoms with E-state index < -0.39 is 11.7 Å². The van der Waals surface area contributed by atoms with Crippen LogP contribution in [-0.4, -0.2) is 5.54 Å². The van der Waals surface area contributed by atoms with Gasteiger partial charge in [0.15, 0.2) is 0 Å². The third-order valence-corrected chi connectivity index (χ3v) is 2.96. The van der Waals surface area contributed by atoms with E-state index in [-0.39, 0.29) is 24.5 Å². The quantitative estimate of drug-likeness (QED) is 0.862. The molecule has 0 spiro atoms. The normalized spacial score (nSPS) is 12.1. The molecule has 0 bridgehead atoms. The van der Waals surface area contributed by atoms with Crippen LogP contribution in [0.15, 0.2) is 24.3 Å². The van der Waals surface area contributed by atoms with Crippen molar-refractivity contribution in [1.82, 2.24) is 5.32 Å². The third kappa shape index (κ3) is 4.86. The Morgan fingerprint density at radius 2 is 1.67 bits per heavy atom. The molecule has 104 valence electrons. The van der Waals surface area contributed by atoms with Gasteiger partial charge in [-0.25, -0.2) is 0 Å². The lowest BCUT2D eigenvalue weighted by atomic mass is 10.0. The average Bonchev–Trinajstić information content (AvgIpc) is 2.26. The van der Waals surface area contributed by atoms with E-state index in [1.807, 2.05) is 20.8 Å². The van der Waals surface area contributed by atoms with Crippen LogP contribution >= 0.6 is 12.4 Å². The number of rotatable bonds is 4. The lowest BCUT2D eigenvalue weighted by molar-refractivity contribution is -0.138. The number of alkyl halides is 3. The molecule has 1 nitrogen and oxygen atoms in total. The smallest absolute Gasteiger partial charge is 0.308 e. The predicted octanol–water partition coefficient (Wildman–Crippen LogP) is 4.41. The molecular weight excluding hydrogens is 263 g/mol. The van der Waals surface area contributed by atoms with Gasteiger partial charge in [-0.2, -0.15) is 13.2 Å². The minimum absolute atomic E-state index is 0. The molecule has 0 atom stereocenters. The molecule has 0 saturated carbocycles. The predicted molar refractivity (Wildman–Crippen MR) is 69.9 cm³/mol. The zero-order chi connectivity index (χ0) is 13.1. The standard InChI is InChI=1S/C13H18F3N.ClH/c1-4-12(2,3)17-9-10-7-5-6-8-11(10)13(14,15)16;/h5-8,17H,4,9H2,1-3H3;1H. The fourth-order valence-corrected chi connectivity index (χ4v) is 1.41. The maximum absolute atomic E-state index is 12.7. The van der Waals surface area contributed by atoms with E-state index in [0.29, 0.717) is 5.56 Å². The van der Waals surface area contributed by atoms with Gasteiger partial charge in [-0.15, -0.1) is 12.4 Å². The molecule has 0 amide bonds. The van der Waals surface area contributed by atoms with E-state index in [1.165, 1.54) is 12.1 Å². The molecule has 1 aromatic carbocycles. The van der Waals surface area contributed by atoms with Crippen LogP contribution in [0.3, 0.4) is 0 Å². The van der Waals surface area contributed by atoms with Gasteiger partial charge in [0.05, 0.1) is 5.56 Å². The lowest BCUT2D eigenvalue weighted by Crippen LogP contribution is -2.38. The molecule has 0 heterocycles. The first-order valence-corrected chi connectivity index (χ1v) is 5.66. The van der Waals surface area contributed by atoms with E-state index >= 15 is 0 Å². The van der Waals surface area contributed by atoms with E-state index in [4.69, 9.17) is 0 Å². The maximum Gasteiger partial charge on any atom is 0.416 e. The molecule has 0 radical (unpaired) electrons. The summed E-state index contributed by atoms with van der Waals surface area (Å²) >= 11 is 0. The SMILES string of the molecule is CCC(C)(C)NCc1ccccc1C(F)(F)F.Cl. The molecule has 0 aliphatic heterocycles. The Bertz CT molecular complexity index is 375. The Morgan fingerprint density at radius 3 is 2.17 bits per heavy atom. The second-order valence-electron chi connectivity index (χ2n) is 4.75. The van der Waals surface area contributed by atoms with Crippen molar-refractivity contribution in [2.24, 2.45) is 0 Å². The molecule has 18 heavy (non-hydrogen) atoms. The largest absolute Gasteiger partial charge is 0.416 e. The third-order valence-electron chi connectivity index (χ3n) is 2.96. The average molecular weight is 282 g/mol. The van der Waals surface area contributed by atoms with Crippen molar-refractivity contribution in [2.75, 3.05) is 0 Å². The van der Waals surface area contributed by atoms with Crippen molar-refractivity contribution in [3.8, 4) is 0 Å². The molecule has 1 rings (SSSR count). The van der Waals surface area contributed by atoms with E-state index in [2.05, 4.69) is 5.32 Å². The van der Waals surface area contributed by atoms with Crippen LogP contribution in [0.25, 0.3) is 0 Å². The Hall–Kier alpha value is -0.740.